The number of imidazole rings is 1. The van der Waals surface area contributed by atoms with Gasteiger partial charge in [0.25, 0.3) is 0 Å². The monoisotopic (exact) mass is 701 g/mol. The van der Waals surface area contributed by atoms with Gasteiger partial charge in [-0.15, -0.1) is 0 Å². The standard InChI is InChI=1S/C51H31N3O/c52-32-33-21-23-34(24-22-33)36-25-27-40-41-28-26-37(31-45(41)51(44(40)30-36)42-15-4-8-19-48(42)55-49-20-9-5-16-43(49)51)35-11-10-12-38(29-35)50-53-46-17-6-7-18-47(46)54(50)39-13-2-1-3-14-39/h1-31H. The zero-order valence-corrected chi connectivity index (χ0v) is 29.6. The summed E-state index contributed by atoms with van der Waals surface area (Å²) in [5, 5.41) is 9.48. The van der Waals surface area contributed by atoms with E-state index in [1.54, 1.807) is 0 Å². The molecule has 9 aromatic rings. The summed E-state index contributed by atoms with van der Waals surface area (Å²) in [6, 6.07) is 68.4. The first-order chi connectivity index (χ1) is 27.2. The predicted molar refractivity (Wildman–Crippen MR) is 219 cm³/mol. The van der Waals surface area contributed by atoms with Crippen molar-refractivity contribution in [3.8, 4) is 68.0 Å². The van der Waals surface area contributed by atoms with Gasteiger partial charge in [-0.05, 0) is 111 Å². The van der Waals surface area contributed by atoms with Gasteiger partial charge in [0.1, 0.15) is 17.3 Å². The van der Waals surface area contributed by atoms with Crippen molar-refractivity contribution in [3.63, 3.8) is 0 Å². The third-order valence-corrected chi connectivity index (χ3v) is 11.3. The molecule has 1 aliphatic carbocycles. The molecule has 4 nitrogen and oxygen atoms in total. The number of aromatic nitrogens is 2. The highest BCUT2D eigenvalue weighted by atomic mass is 16.5. The van der Waals surface area contributed by atoms with Crippen LogP contribution in [0.3, 0.4) is 0 Å². The van der Waals surface area contributed by atoms with Gasteiger partial charge >= 0.3 is 0 Å². The number of nitrogens with zero attached hydrogens (tertiary/aromatic N) is 3. The lowest BCUT2D eigenvalue weighted by Gasteiger charge is -2.39. The summed E-state index contributed by atoms with van der Waals surface area (Å²) in [5.41, 5.74) is 15.7. The molecule has 0 saturated heterocycles. The number of para-hydroxylation sites is 5. The summed E-state index contributed by atoms with van der Waals surface area (Å²) in [4.78, 5) is 5.17. The number of ether oxygens (including phenoxy) is 1. The van der Waals surface area contributed by atoms with E-state index < -0.39 is 5.41 Å². The molecule has 2 aliphatic rings. The molecular weight excluding hydrogens is 671 g/mol. The number of hydrogen-bond donors (Lipinski definition) is 0. The molecule has 4 heteroatoms. The minimum absolute atomic E-state index is 0.631. The number of nitriles is 1. The molecule has 1 aliphatic heterocycles. The van der Waals surface area contributed by atoms with Crippen LogP contribution in [-0.2, 0) is 5.41 Å². The summed E-state index contributed by atoms with van der Waals surface area (Å²) in [5.74, 6) is 2.62. The van der Waals surface area contributed by atoms with Crippen LogP contribution >= 0.6 is 0 Å². The molecule has 55 heavy (non-hydrogen) atoms. The lowest BCUT2D eigenvalue weighted by atomic mass is 9.65. The molecule has 2 heterocycles. The third kappa shape index (κ3) is 4.60. The van der Waals surface area contributed by atoms with E-state index in [0.717, 1.165) is 73.0 Å². The van der Waals surface area contributed by atoms with Crippen molar-refractivity contribution in [2.75, 3.05) is 0 Å². The minimum Gasteiger partial charge on any atom is -0.457 e. The SMILES string of the molecule is N#Cc1ccc(-c2ccc3c(c2)C2(c4ccccc4Oc4ccccc42)c2cc(-c4cccc(-c5nc6ccccc6n5-c5ccccc5)c4)ccc2-3)cc1. The van der Waals surface area contributed by atoms with Gasteiger partial charge < -0.3 is 4.74 Å². The highest BCUT2D eigenvalue weighted by Gasteiger charge is 2.51. The maximum absolute atomic E-state index is 9.48. The maximum Gasteiger partial charge on any atom is 0.145 e. The first-order valence-electron chi connectivity index (χ1n) is 18.5. The molecule has 0 amide bonds. The van der Waals surface area contributed by atoms with E-state index in [1.807, 2.05) is 36.4 Å². The van der Waals surface area contributed by atoms with Crippen molar-refractivity contribution >= 4 is 11.0 Å². The van der Waals surface area contributed by atoms with Crippen molar-refractivity contribution in [2.24, 2.45) is 0 Å². The molecule has 1 spiro atoms. The summed E-state index contributed by atoms with van der Waals surface area (Å²) < 4.78 is 8.90. The quantitative estimate of drug-likeness (QED) is 0.184. The Balaban J connectivity index is 1.13. The van der Waals surface area contributed by atoms with E-state index in [2.05, 4.69) is 162 Å². The highest BCUT2D eigenvalue weighted by Crippen LogP contribution is 2.62. The van der Waals surface area contributed by atoms with E-state index in [4.69, 9.17) is 9.72 Å². The Morgan fingerprint density at radius 2 is 1.04 bits per heavy atom. The average molecular weight is 702 g/mol. The Kier molecular flexibility index (Phi) is 6.80. The minimum atomic E-state index is -0.631. The number of fused-ring (bicyclic) bond motifs is 10. The summed E-state index contributed by atoms with van der Waals surface area (Å²) in [6.45, 7) is 0. The van der Waals surface area contributed by atoms with E-state index in [-0.39, 0.29) is 0 Å². The molecule has 11 rings (SSSR count). The van der Waals surface area contributed by atoms with Crippen LogP contribution in [0.15, 0.2) is 188 Å². The molecule has 0 unspecified atom stereocenters. The molecule has 0 radical (unpaired) electrons. The molecule has 0 N–H and O–H groups in total. The Labute approximate surface area is 318 Å². The van der Waals surface area contributed by atoms with E-state index >= 15 is 0 Å². The van der Waals surface area contributed by atoms with Crippen molar-refractivity contribution in [2.45, 2.75) is 5.41 Å². The van der Waals surface area contributed by atoms with Gasteiger partial charge in [0.15, 0.2) is 0 Å². The molecule has 0 atom stereocenters. The largest absolute Gasteiger partial charge is 0.457 e. The van der Waals surface area contributed by atoms with Crippen LogP contribution in [0.1, 0.15) is 27.8 Å². The van der Waals surface area contributed by atoms with Gasteiger partial charge in [-0.25, -0.2) is 4.98 Å². The number of hydrogen-bond acceptors (Lipinski definition) is 3. The fourth-order valence-electron chi connectivity index (χ4n) is 8.89. The fraction of sp³-hybridized carbons (Fsp3) is 0.0196. The van der Waals surface area contributed by atoms with Crippen LogP contribution in [0.2, 0.25) is 0 Å². The van der Waals surface area contributed by atoms with Crippen LogP contribution in [0.4, 0.5) is 0 Å². The van der Waals surface area contributed by atoms with Gasteiger partial charge in [-0.3, -0.25) is 4.57 Å². The Hall–Kier alpha value is -7.48. The van der Waals surface area contributed by atoms with Crippen molar-refractivity contribution in [1.82, 2.24) is 9.55 Å². The van der Waals surface area contributed by atoms with Crippen molar-refractivity contribution < 1.29 is 4.74 Å². The van der Waals surface area contributed by atoms with Crippen molar-refractivity contribution in [3.05, 3.63) is 216 Å². The average Bonchev–Trinajstić information content (AvgIpc) is 3.78. The molecule has 0 bridgehead atoms. The topological polar surface area (TPSA) is 50.8 Å². The molecular formula is C51H31N3O. The number of benzene rings is 8. The van der Waals surface area contributed by atoms with Crippen LogP contribution in [0.5, 0.6) is 11.5 Å². The highest BCUT2D eigenvalue weighted by molar-refractivity contribution is 5.92. The fourth-order valence-corrected chi connectivity index (χ4v) is 8.89. The van der Waals surface area contributed by atoms with E-state index in [9.17, 15) is 5.26 Å². The predicted octanol–water partition coefficient (Wildman–Crippen LogP) is 12.4. The first kappa shape index (κ1) is 31.1. The zero-order valence-electron chi connectivity index (χ0n) is 29.6. The third-order valence-electron chi connectivity index (χ3n) is 11.3. The second-order valence-corrected chi connectivity index (χ2v) is 14.2. The second-order valence-electron chi connectivity index (χ2n) is 14.2. The Bertz CT molecular complexity index is 2980. The summed E-state index contributed by atoms with van der Waals surface area (Å²) in [6.07, 6.45) is 0. The van der Waals surface area contributed by atoms with Gasteiger partial charge in [0, 0.05) is 22.4 Å². The number of rotatable bonds is 4. The summed E-state index contributed by atoms with van der Waals surface area (Å²) in [7, 11) is 0. The van der Waals surface area contributed by atoms with Crippen LogP contribution < -0.4 is 4.74 Å². The van der Waals surface area contributed by atoms with Gasteiger partial charge in [0.05, 0.1) is 28.1 Å². The molecule has 0 saturated carbocycles. The van der Waals surface area contributed by atoms with Gasteiger partial charge in [0.2, 0.25) is 0 Å². The van der Waals surface area contributed by atoms with Crippen molar-refractivity contribution in [1.29, 1.82) is 5.26 Å². The maximum atomic E-state index is 9.48. The zero-order chi connectivity index (χ0) is 36.5. The molecule has 0 fully saturated rings. The Morgan fingerprint density at radius 3 is 1.73 bits per heavy atom. The normalized spacial score (nSPS) is 13.0. The van der Waals surface area contributed by atoms with Crippen LogP contribution in [0, 0.1) is 11.3 Å². The van der Waals surface area contributed by atoms with Gasteiger partial charge in [-0.2, -0.15) is 5.26 Å². The first-order valence-corrected chi connectivity index (χ1v) is 18.5. The van der Waals surface area contributed by atoms with E-state index in [0.29, 0.717) is 5.56 Å². The second kappa shape index (κ2) is 12.0. The molecule has 256 valence electrons. The molecule has 8 aromatic carbocycles. The van der Waals surface area contributed by atoms with Crippen LogP contribution in [-0.4, -0.2) is 9.55 Å². The summed E-state index contributed by atoms with van der Waals surface area (Å²) >= 11 is 0. The lowest BCUT2D eigenvalue weighted by molar-refractivity contribution is 0.436. The Morgan fingerprint density at radius 1 is 0.473 bits per heavy atom. The van der Waals surface area contributed by atoms with Crippen LogP contribution in [0.25, 0.3) is 61.5 Å². The smallest absolute Gasteiger partial charge is 0.145 e. The molecule has 1 aromatic heterocycles. The van der Waals surface area contributed by atoms with E-state index in [1.165, 1.54) is 22.3 Å². The van der Waals surface area contributed by atoms with Gasteiger partial charge in [-0.1, -0.05) is 121 Å². The lowest BCUT2D eigenvalue weighted by Crippen LogP contribution is -2.32.